The van der Waals surface area contributed by atoms with E-state index in [9.17, 15) is 9.59 Å². The number of ether oxygens (including phenoxy) is 2. The SMILES string of the molecule is COc1ccc(OC)c(C(=O)NCCc2ccccc2C(=O)O)c1. The number of hydrogen-bond acceptors (Lipinski definition) is 4. The number of carbonyl (C=O) groups is 2. The van der Waals surface area contributed by atoms with Crippen LogP contribution >= 0.6 is 0 Å². The summed E-state index contributed by atoms with van der Waals surface area (Å²) in [5.74, 6) is -0.290. The van der Waals surface area contributed by atoms with Crippen molar-refractivity contribution in [1.29, 1.82) is 0 Å². The van der Waals surface area contributed by atoms with E-state index in [2.05, 4.69) is 5.32 Å². The van der Waals surface area contributed by atoms with Crippen molar-refractivity contribution in [2.75, 3.05) is 20.8 Å². The third-order valence-corrected chi connectivity index (χ3v) is 3.58. The molecule has 0 atom stereocenters. The summed E-state index contributed by atoms with van der Waals surface area (Å²) in [5.41, 5.74) is 1.27. The third kappa shape index (κ3) is 4.04. The first-order valence-corrected chi connectivity index (χ1v) is 7.38. The number of nitrogens with one attached hydrogen (secondary N) is 1. The van der Waals surface area contributed by atoms with Crippen molar-refractivity contribution >= 4 is 11.9 Å². The van der Waals surface area contributed by atoms with Gasteiger partial charge in [-0.15, -0.1) is 0 Å². The number of carboxylic acids is 1. The predicted molar refractivity (Wildman–Crippen MR) is 89.0 cm³/mol. The molecule has 0 heterocycles. The lowest BCUT2D eigenvalue weighted by molar-refractivity contribution is 0.0695. The molecule has 2 aromatic rings. The zero-order valence-corrected chi connectivity index (χ0v) is 13.5. The molecule has 0 aliphatic carbocycles. The average Bonchev–Trinajstić information content (AvgIpc) is 2.61. The van der Waals surface area contributed by atoms with Gasteiger partial charge >= 0.3 is 5.97 Å². The van der Waals surface area contributed by atoms with E-state index >= 15 is 0 Å². The van der Waals surface area contributed by atoms with Crippen molar-refractivity contribution < 1.29 is 24.2 Å². The molecule has 6 nitrogen and oxygen atoms in total. The summed E-state index contributed by atoms with van der Waals surface area (Å²) in [6, 6.07) is 11.7. The number of rotatable bonds is 7. The minimum atomic E-state index is -0.980. The molecule has 0 saturated heterocycles. The summed E-state index contributed by atoms with van der Waals surface area (Å²) in [5, 5.41) is 11.9. The Kier molecular flexibility index (Phi) is 5.78. The second kappa shape index (κ2) is 8.01. The molecule has 0 aliphatic rings. The maximum atomic E-state index is 12.3. The molecular formula is C18H19NO5. The Morgan fingerprint density at radius 3 is 2.46 bits per heavy atom. The van der Waals surface area contributed by atoms with E-state index in [1.165, 1.54) is 14.2 Å². The fraction of sp³-hybridized carbons (Fsp3) is 0.222. The van der Waals surface area contributed by atoms with Crippen molar-refractivity contribution in [2.24, 2.45) is 0 Å². The molecule has 0 spiro atoms. The average molecular weight is 329 g/mol. The van der Waals surface area contributed by atoms with Crippen molar-refractivity contribution in [3.63, 3.8) is 0 Å². The zero-order chi connectivity index (χ0) is 17.5. The number of carbonyl (C=O) groups excluding carboxylic acids is 1. The van der Waals surface area contributed by atoms with Gasteiger partial charge in [0.05, 0.1) is 25.3 Å². The quantitative estimate of drug-likeness (QED) is 0.814. The van der Waals surface area contributed by atoms with Crippen LogP contribution < -0.4 is 14.8 Å². The molecule has 0 radical (unpaired) electrons. The van der Waals surface area contributed by atoms with Crippen molar-refractivity contribution in [1.82, 2.24) is 5.32 Å². The number of benzene rings is 2. The highest BCUT2D eigenvalue weighted by Gasteiger charge is 2.14. The van der Waals surface area contributed by atoms with Gasteiger partial charge in [-0.25, -0.2) is 4.79 Å². The minimum absolute atomic E-state index is 0.241. The van der Waals surface area contributed by atoms with Crippen LogP contribution in [-0.2, 0) is 6.42 Å². The maximum Gasteiger partial charge on any atom is 0.335 e. The van der Waals surface area contributed by atoms with Gasteiger partial charge in [0.15, 0.2) is 0 Å². The lowest BCUT2D eigenvalue weighted by atomic mass is 10.0. The Hall–Kier alpha value is -3.02. The van der Waals surface area contributed by atoms with Crippen LogP contribution in [0.3, 0.4) is 0 Å². The number of aromatic carboxylic acids is 1. The molecule has 0 saturated carbocycles. The molecule has 0 bridgehead atoms. The Labute approximate surface area is 140 Å². The molecule has 126 valence electrons. The molecule has 0 aliphatic heterocycles. The molecule has 24 heavy (non-hydrogen) atoms. The van der Waals surface area contributed by atoms with Crippen LogP contribution in [0.1, 0.15) is 26.3 Å². The van der Waals surface area contributed by atoms with Gasteiger partial charge < -0.3 is 19.9 Å². The number of amides is 1. The number of carboxylic acid groups (broad SMARTS) is 1. The van der Waals surface area contributed by atoms with Crippen LogP contribution in [0.5, 0.6) is 11.5 Å². The Morgan fingerprint density at radius 1 is 1.04 bits per heavy atom. The smallest absolute Gasteiger partial charge is 0.335 e. The Morgan fingerprint density at radius 2 is 1.79 bits per heavy atom. The summed E-state index contributed by atoms with van der Waals surface area (Å²) in [6.07, 6.45) is 0.417. The van der Waals surface area contributed by atoms with Crippen molar-refractivity contribution in [3.05, 3.63) is 59.2 Å². The number of methoxy groups -OCH3 is 2. The molecule has 2 N–H and O–H groups in total. The monoisotopic (exact) mass is 329 g/mol. The first kappa shape index (κ1) is 17.3. The van der Waals surface area contributed by atoms with Crippen LogP contribution in [0.15, 0.2) is 42.5 Å². The fourth-order valence-corrected chi connectivity index (χ4v) is 2.34. The summed E-state index contributed by atoms with van der Waals surface area (Å²) in [7, 11) is 3.01. The standard InChI is InChI=1S/C18H19NO5/c1-23-13-7-8-16(24-2)15(11-13)17(20)19-10-9-12-5-3-4-6-14(12)18(21)22/h3-8,11H,9-10H2,1-2H3,(H,19,20)(H,21,22). The van der Waals surface area contributed by atoms with Gasteiger partial charge in [-0.3, -0.25) is 4.79 Å². The minimum Gasteiger partial charge on any atom is -0.497 e. The molecule has 0 aromatic heterocycles. The lowest BCUT2D eigenvalue weighted by Gasteiger charge is -2.11. The summed E-state index contributed by atoms with van der Waals surface area (Å²) >= 11 is 0. The van der Waals surface area contributed by atoms with E-state index in [1.807, 2.05) is 0 Å². The molecule has 0 unspecified atom stereocenters. The third-order valence-electron chi connectivity index (χ3n) is 3.58. The molecule has 0 fully saturated rings. The van der Waals surface area contributed by atoms with Gasteiger partial charge in [0.2, 0.25) is 0 Å². The Balaban J connectivity index is 2.05. The zero-order valence-electron chi connectivity index (χ0n) is 13.5. The van der Waals surface area contributed by atoms with E-state index in [-0.39, 0.29) is 11.5 Å². The van der Waals surface area contributed by atoms with Gasteiger partial charge in [0, 0.05) is 6.54 Å². The highest BCUT2D eigenvalue weighted by atomic mass is 16.5. The highest BCUT2D eigenvalue weighted by molar-refractivity contribution is 5.97. The van der Waals surface area contributed by atoms with Crippen molar-refractivity contribution in [3.8, 4) is 11.5 Å². The van der Waals surface area contributed by atoms with Crippen LogP contribution in [0.2, 0.25) is 0 Å². The Bertz CT molecular complexity index is 742. The number of hydrogen-bond donors (Lipinski definition) is 2. The first-order valence-electron chi connectivity index (χ1n) is 7.38. The van der Waals surface area contributed by atoms with E-state index in [4.69, 9.17) is 14.6 Å². The van der Waals surface area contributed by atoms with Gasteiger partial charge in [-0.2, -0.15) is 0 Å². The van der Waals surface area contributed by atoms with Crippen LogP contribution in [0.4, 0.5) is 0 Å². The van der Waals surface area contributed by atoms with Gasteiger partial charge in [-0.1, -0.05) is 18.2 Å². The van der Waals surface area contributed by atoms with E-state index < -0.39 is 5.97 Å². The van der Waals surface area contributed by atoms with Crippen LogP contribution in [-0.4, -0.2) is 37.7 Å². The summed E-state index contributed by atoms with van der Waals surface area (Å²) in [4.78, 5) is 23.5. The highest BCUT2D eigenvalue weighted by Crippen LogP contribution is 2.23. The van der Waals surface area contributed by atoms with Crippen LogP contribution in [0.25, 0.3) is 0 Å². The second-order valence-electron chi connectivity index (χ2n) is 5.03. The summed E-state index contributed by atoms with van der Waals surface area (Å²) in [6.45, 7) is 0.309. The van der Waals surface area contributed by atoms with E-state index in [1.54, 1.807) is 42.5 Å². The normalized spacial score (nSPS) is 10.1. The van der Waals surface area contributed by atoms with Crippen LogP contribution in [0, 0.1) is 0 Å². The van der Waals surface area contributed by atoms with E-state index in [0.717, 1.165) is 0 Å². The predicted octanol–water partition coefficient (Wildman–Crippen LogP) is 2.37. The first-order chi connectivity index (χ1) is 11.6. The fourth-order valence-electron chi connectivity index (χ4n) is 2.34. The molecule has 2 rings (SSSR count). The lowest BCUT2D eigenvalue weighted by Crippen LogP contribution is -2.26. The molecule has 6 heteroatoms. The maximum absolute atomic E-state index is 12.3. The molecule has 1 amide bonds. The molecule has 2 aromatic carbocycles. The summed E-state index contributed by atoms with van der Waals surface area (Å²) < 4.78 is 10.3. The largest absolute Gasteiger partial charge is 0.497 e. The molecular weight excluding hydrogens is 310 g/mol. The topological polar surface area (TPSA) is 84.9 Å². The van der Waals surface area contributed by atoms with Crippen molar-refractivity contribution in [2.45, 2.75) is 6.42 Å². The van der Waals surface area contributed by atoms with Gasteiger partial charge in [0.25, 0.3) is 5.91 Å². The van der Waals surface area contributed by atoms with Gasteiger partial charge in [-0.05, 0) is 36.2 Å². The van der Waals surface area contributed by atoms with E-state index in [0.29, 0.717) is 35.6 Å². The van der Waals surface area contributed by atoms with Gasteiger partial charge in [0.1, 0.15) is 11.5 Å². The second-order valence-corrected chi connectivity index (χ2v) is 5.03.